The van der Waals surface area contributed by atoms with Gasteiger partial charge in [-0.25, -0.2) is 4.98 Å². The maximum atomic E-state index is 11.5. The number of rotatable bonds is 3. The van der Waals surface area contributed by atoms with Crippen LogP contribution in [0.25, 0.3) is 0 Å². The fourth-order valence-corrected chi connectivity index (χ4v) is 2.77. The van der Waals surface area contributed by atoms with Crippen LogP contribution in [0.1, 0.15) is 6.42 Å². The number of pyridine rings is 1. The van der Waals surface area contributed by atoms with Gasteiger partial charge in [-0.3, -0.25) is 4.79 Å². The van der Waals surface area contributed by atoms with Gasteiger partial charge in [0.1, 0.15) is 5.82 Å². The van der Waals surface area contributed by atoms with Crippen molar-refractivity contribution in [2.75, 3.05) is 32.1 Å². The van der Waals surface area contributed by atoms with Crippen molar-refractivity contribution < 1.29 is 4.79 Å². The number of likely N-dealkylation sites (tertiary alicyclic amines) is 1. The summed E-state index contributed by atoms with van der Waals surface area (Å²) in [6, 6.07) is 1.67. The van der Waals surface area contributed by atoms with Gasteiger partial charge in [-0.05, 0) is 6.07 Å². The predicted molar refractivity (Wildman–Crippen MR) is 73.3 cm³/mol. The number of carbonyl (C=O) groups excluding carboxylic acids is 1. The van der Waals surface area contributed by atoms with Crippen molar-refractivity contribution in [3.63, 3.8) is 0 Å². The molecule has 1 amide bonds. The van der Waals surface area contributed by atoms with Crippen molar-refractivity contribution in [3.05, 3.63) is 22.3 Å². The van der Waals surface area contributed by atoms with Crippen LogP contribution < -0.4 is 4.90 Å². The number of amides is 1. The largest absolute Gasteiger partial charge is 0.358 e. The molecule has 1 aromatic rings. The van der Waals surface area contributed by atoms with E-state index in [-0.39, 0.29) is 5.91 Å². The third-order valence-corrected chi connectivity index (χ3v) is 3.59. The van der Waals surface area contributed by atoms with Crippen LogP contribution in [-0.4, -0.2) is 43.0 Å². The molecule has 4 nitrogen and oxygen atoms in total. The average Bonchev–Trinajstić information content (AvgIpc) is 2.57. The summed E-state index contributed by atoms with van der Waals surface area (Å²) < 4.78 is 0. The maximum Gasteiger partial charge on any atom is 0.222 e. The Balaban J connectivity index is 2.04. The third-order valence-electron chi connectivity index (χ3n) is 3.10. The van der Waals surface area contributed by atoms with E-state index in [2.05, 4.69) is 4.98 Å². The smallest absolute Gasteiger partial charge is 0.222 e. The molecule has 1 aliphatic heterocycles. The van der Waals surface area contributed by atoms with E-state index in [1.807, 2.05) is 19.0 Å². The molecule has 0 N–H and O–H groups in total. The highest BCUT2D eigenvalue weighted by molar-refractivity contribution is 6.35. The monoisotopic (exact) mass is 287 g/mol. The second kappa shape index (κ2) is 5.33. The van der Waals surface area contributed by atoms with Gasteiger partial charge in [-0.15, -0.1) is 0 Å². The molecule has 1 saturated heterocycles. The van der Waals surface area contributed by atoms with Crippen LogP contribution >= 0.6 is 23.2 Å². The normalized spacial score (nSPS) is 19.4. The molecular formula is C12H15Cl2N3O. The minimum Gasteiger partial charge on any atom is -0.358 e. The van der Waals surface area contributed by atoms with Crippen molar-refractivity contribution >= 4 is 34.9 Å². The molecule has 6 heteroatoms. The van der Waals surface area contributed by atoms with Gasteiger partial charge < -0.3 is 9.80 Å². The van der Waals surface area contributed by atoms with E-state index < -0.39 is 0 Å². The molecule has 18 heavy (non-hydrogen) atoms. The first-order valence-corrected chi connectivity index (χ1v) is 6.49. The van der Waals surface area contributed by atoms with Gasteiger partial charge in [0, 0.05) is 45.7 Å². The number of hydrogen-bond acceptors (Lipinski definition) is 3. The van der Waals surface area contributed by atoms with Crippen LogP contribution in [0.15, 0.2) is 12.3 Å². The van der Waals surface area contributed by atoms with Gasteiger partial charge in [-0.2, -0.15) is 0 Å². The second-order valence-corrected chi connectivity index (χ2v) is 5.53. The molecule has 2 rings (SSSR count). The molecule has 98 valence electrons. The summed E-state index contributed by atoms with van der Waals surface area (Å²) in [4.78, 5) is 19.4. The molecule has 1 atom stereocenters. The first kappa shape index (κ1) is 13.4. The topological polar surface area (TPSA) is 36.4 Å². The van der Waals surface area contributed by atoms with Crippen molar-refractivity contribution in [3.8, 4) is 0 Å². The Morgan fingerprint density at radius 3 is 2.83 bits per heavy atom. The Kier molecular flexibility index (Phi) is 3.97. The Hall–Kier alpha value is -1.00. The second-order valence-electron chi connectivity index (χ2n) is 4.68. The predicted octanol–water partition coefficient (Wildman–Crippen LogP) is 2.30. The van der Waals surface area contributed by atoms with E-state index in [0.29, 0.717) is 28.2 Å². The number of halogens is 2. The number of carbonyl (C=O) groups is 1. The van der Waals surface area contributed by atoms with E-state index in [4.69, 9.17) is 23.2 Å². The SMILES string of the molecule is CN1CC(CN(C)c2ncc(Cl)cc2Cl)CC1=O. The standard InChI is InChI=1S/C12H15Cl2N3O/c1-16-6-8(3-11(16)18)7-17(2)12-10(14)4-9(13)5-15-12/h4-5,8H,3,6-7H2,1-2H3. The fourth-order valence-electron chi connectivity index (χ4n) is 2.24. The summed E-state index contributed by atoms with van der Waals surface area (Å²) in [5, 5.41) is 1.05. The summed E-state index contributed by atoms with van der Waals surface area (Å²) in [6.07, 6.45) is 2.16. The molecule has 1 fully saturated rings. The van der Waals surface area contributed by atoms with Crippen LogP contribution in [0.4, 0.5) is 5.82 Å². The summed E-state index contributed by atoms with van der Waals surface area (Å²) in [5.41, 5.74) is 0. The van der Waals surface area contributed by atoms with Crippen LogP contribution in [-0.2, 0) is 4.79 Å². The highest BCUT2D eigenvalue weighted by Crippen LogP contribution is 2.27. The third kappa shape index (κ3) is 2.87. The lowest BCUT2D eigenvalue weighted by Crippen LogP contribution is -2.28. The molecule has 0 bridgehead atoms. The number of nitrogens with zero attached hydrogens (tertiary/aromatic N) is 3. The van der Waals surface area contributed by atoms with Gasteiger partial charge in [0.25, 0.3) is 0 Å². The van der Waals surface area contributed by atoms with Crippen LogP contribution in [0.2, 0.25) is 10.0 Å². The average molecular weight is 288 g/mol. The van der Waals surface area contributed by atoms with E-state index in [1.165, 1.54) is 0 Å². The molecule has 0 spiro atoms. The van der Waals surface area contributed by atoms with Gasteiger partial charge >= 0.3 is 0 Å². The molecule has 2 heterocycles. The van der Waals surface area contributed by atoms with Crippen molar-refractivity contribution in [2.24, 2.45) is 5.92 Å². The minimum atomic E-state index is 0.198. The van der Waals surface area contributed by atoms with Gasteiger partial charge in [-0.1, -0.05) is 23.2 Å². The minimum absolute atomic E-state index is 0.198. The lowest BCUT2D eigenvalue weighted by atomic mass is 10.1. The zero-order valence-electron chi connectivity index (χ0n) is 10.4. The van der Waals surface area contributed by atoms with Gasteiger partial charge in [0.15, 0.2) is 0 Å². The maximum absolute atomic E-state index is 11.5. The highest BCUT2D eigenvalue weighted by Gasteiger charge is 2.28. The summed E-state index contributed by atoms with van der Waals surface area (Å²) >= 11 is 11.9. The Labute approximate surface area is 116 Å². The lowest BCUT2D eigenvalue weighted by Gasteiger charge is -2.22. The zero-order chi connectivity index (χ0) is 13.3. The fraction of sp³-hybridized carbons (Fsp3) is 0.500. The Bertz CT molecular complexity index is 467. The van der Waals surface area contributed by atoms with Crippen molar-refractivity contribution in [1.82, 2.24) is 9.88 Å². The van der Waals surface area contributed by atoms with E-state index >= 15 is 0 Å². The highest BCUT2D eigenvalue weighted by atomic mass is 35.5. The number of hydrogen-bond donors (Lipinski definition) is 0. The summed E-state index contributed by atoms with van der Waals surface area (Å²) in [6.45, 7) is 1.54. The molecule has 1 aliphatic rings. The van der Waals surface area contributed by atoms with Crippen molar-refractivity contribution in [1.29, 1.82) is 0 Å². The lowest BCUT2D eigenvalue weighted by molar-refractivity contribution is -0.126. The number of aromatic nitrogens is 1. The molecule has 0 aromatic carbocycles. The summed E-state index contributed by atoms with van der Waals surface area (Å²) in [7, 11) is 3.75. The molecule has 0 saturated carbocycles. The molecule has 0 radical (unpaired) electrons. The van der Waals surface area contributed by atoms with Crippen LogP contribution in [0.5, 0.6) is 0 Å². The number of anilines is 1. The summed E-state index contributed by atoms with van der Waals surface area (Å²) in [5.74, 6) is 1.22. The quantitative estimate of drug-likeness (QED) is 0.856. The zero-order valence-corrected chi connectivity index (χ0v) is 11.9. The molecule has 1 aromatic heterocycles. The van der Waals surface area contributed by atoms with E-state index in [0.717, 1.165) is 13.1 Å². The Morgan fingerprint density at radius 2 is 2.28 bits per heavy atom. The first-order valence-electron chi connectivity index (χ1n) is 5.73. The first-order chi connectivity index (χ1) is 8.47. The van der Waals surface area contributed by atoms with E-state index in [1.54, 1.807) is 17.2 Å². The van der Waals surface area contributed by atoms with Gasteiger partial charge in [0.2, 0.25) is 5.91 Å². The van der Waals surface area contributed by atoms with Crippen LogP contribution in [0, 0.1) is 5.92 Å². The van der Waals surface area contributed by atoms with Crippen molar-refractivity contribution in [2.45, 2.75) is 6.42 Å². The molecule has 0 aliphatic carbocycles. The van der Waals surface area contributed by atoms with E-state index in [9.17, 15) is 4.79 Å². The molecule has 1 unspecified atom stereocenters. The molecular weight excluding hydrogens is 273 g/mol. The van der Waals surface area contributed by atoms with Crippen LogP contribution in [0.3, 0.4) is 0 Å². The van der Waals surface area contributed by atoms with Gasteiger partial charge in [0.05, 0.1) is 10.0 Å². The Morgan fingerprint density at radius 1 is 1.56 bits per heavy atom.